The molecule has 1 aliphatic rings. The van der Waals surface area contributed by atoms with Crippen molar-refractivity contribution in [1.29, 1.82) is 0 Å². The average molecular weight is 358 g/mol. The predicted molar refractivity (Wildman–Crippen MR) is 110 cm³/mol. The lowest BCUT2D eigenvalue weighted by molar-refractivity contribution is 0.260. The largest absolute Gasteiger partial charge is 0.354 e. The van der Waals surface area contributed by atoms with E-state index in [0.29, 0.717) is 0 Å². The molecule has 138 valence electrons. The lowest BCUT2D eigenvalue weighted by Crippen LogP contribution is -2.47. The van der Waals surface area contributed by atoms with Gasteiger partial charge in [0.2, 0.25) is 0 Å². The summed E-state index contributed by atoms with van der Waals surface area (Å²) >= 11 is 0. The normalized spacial score (nSPS) is 15.0. The van der Waals surface area contributed by atoms with Crippen molar-refractivity contribution in [2.24, 2.45) is 0 Å². The SMILES string of the molecule is c1ccc(CCN2CCN(c3ccnc(Cc4ccccc4)n3)CC2)cc1. The topological polar surface area (TPSA) is 32.3 Å². The first-order chi connectivity index (χ1) is 13.4. The Balaban J connectivity index is 1.31. The summed E-state index contributed by atoms with van der Waals surface area (Å²) in [5, 5.41) is 0. The van der Waals surface area contributed by atoms with Gasteiger partial charge in [-0.3, -0.25) is 4.90 Å². The number of nitrogens with zero attached hydrogens (tertiary/aromatic N) is 4. The Bertz CT molecular complexity index is 827. The molecule has 1 aromatic heterocycles. The van der Waals surface area contributed by atoms with Crippen LogP contribution in [0.5, 0.6) is 0 Å². The maximum atomic E-state index is 4.81. The van der Waals surface area contributed by atoms with Gasteiger partial charge in [-0.25, -0.2) is 9.97 Å². The summed E-state index contributed by atoms with van der Waals surface area (Å²) in [5.74, 6) is 1.95. The number of piperazine rings is 1. The molecule has 4 rings (SSSR count). The maximum Gasteiger partial charge on any atom is 0.135 e. The first-order valence-corrected chi connectivity index (χ1v) is 9.74. The van der Waals surface area contributed by atoms with Crippen molar-refractivity contribution in [2.45, 2.75) is 12.8 Å². The molecule has 27 heavy (non-hydrogen) atoms. The number of rotatable bonds is 6. The molecule has 2 heterocycles. The number of hydrogen-bond acceptors (Lipinski definition) is 4. The van der Waals surface area contributed by atoms with Gasteiger partial charge < -0.3 is 4.90 Å². The Morgan fingerprint density at radius 3 is 2.11 bits per heavy atom. The molecule has 0 aliphatic carbocycles. The molecule has 0 saturated carbocycles. The van der Waals surface area contributed by atoms with Gasteiger partial charge in [-0.2, -0.15) is 0 Å². The minimum absolute atomic E-state index is 0.783. The number of benzene rings is 2. The summed E-state index contributed by atoms with van der Waals surface area (Å²) in [6, 6.07) is 23.2. The average Bonchev–Trinajstić information content (AvgIpc) is 2.74. The number of hydrogen-bond donors (Lipinski definition) is 0. The third-order valence-corrected chi connectivity index (χ3v) is 5.15. The Hall–Kier alpha value is -2.72. The van der Waals surface area contributed by atoms with Crippen LogP contribution in [0.4, 0.5) is 5.82 Å². The van der Waals surface area contributed by atoms with E-state index in [2.05, 4.69) is 69.4 Å². The van der Waals surface area contributed by atoms with E-state index in [1.165, 1.54) is 11.1 Å². The molecule has 0 N–H and O–H groups in total. The third kappa shape index (κ3) is 4.92. The number of anilines is 1. The maximum absolute atomic E-state index is 4.81. The Kier molecular flexibility index (Phi) is 5.75. The second-order valence-electron chi connectivity index (χ2n) is 7.06. The van der Waals surface area contributed by atoms with Crippen LogP contribution in [0.1, 0.15) is 17.0 Å². The summed E-state index contributed by atoms with van der Waals surface area (Å²) < 4.78 is 0. The van der Waals surface area contributed by atoms with Gasteiger partial charge in [0.25, 0.3) is 0 Å². The van der Waals surface area contributed by atoms with Gasteiger partial charge in [0.1, 0.15) is 11.6 Å². The second kappa shape index (κ2) is 8.78. The lowest BCUT2D eigenvalue weighted by atomic mass is 10.1. The van der Waals surface area contributed by atoms with E-state index in [-0.39, 0.29) is 0 Å². The predicted octanol–water partition coefficient (Wildman–Crippen LogP) is 3.43. The van der Waals surface area contributed by atoms with Crippen molar-refractivity contribution in [3.8, 4) is 0 Å². The van der Waals surface area contributed by atoms with Crippen LogP contribution in [-0.4, -0.2) is 47.6 Å². The van der Waals surface area contributed by atoms with Crippen molar-refractivity contribution in [3.63, 3.8) is 0 Å². The highest BCUT2D eigenvalue weighted by Gasteiger charge is 2.18. The van der Waals surface area contributed by atoms with E-state index in [1.54, 1.807) is 0 Å². The summed E-state index contributed by atoms with van der Waals surface area (Å²) in [4.78, 5) is 14.2. The summed E-state index contributed by atoms with van der Waals surface area (Å²) in [6.07, 6.45) is 3.80. The fourth-order valence-corrected chi connectivity index (χ4v) is 3.56. The van der Waals surface area contributed by atoms with Crippen LogP contribution >= 0.6 is 0 Å². The molecule has 4 nitrogen and oxygen atoms in total. The van der Waals surface area contributed by atoms with Crippen LogP contribution in [0.2, 0.25) is 0 Å². The fraction of sp³-hybridized carbons (Fsp3) is 0.304. The Morgan fingerprint density at radius 1 is 0.741 bits per heavy atom. The molecule has 4 heteroatoms. The first kappa shape index (κ1) is 17.7. The Labute approximate surface area is 161 Å². The minimum atomic E-state index is 0.783. The molecule has 2 aromatic carbocycles. The van der Waals surface area contributed by atoms with E-state index in [0.717, 1.165) is 57.2 Å². The summed E-state index contributed by atoms with van der Waals surface area (Å²) in [7, 11) is 0. The third-order valence-electron chi connectivity index (χ3n) is 5.15. The van der Waals surface area contributed by atoms with E-state index < -0.39 is 0 Å². The molecular formula is C23H26N4. The van der Waals surface area contributed by atoms with Gasteiger partial charge in [0, 0.05) is 45.3 Å². The minimum Gasteiger partial charge on any atom is -0.354 e. The zero-order valence-corrected chi connectivity index (χ0v) is 15.7. The van der Waals surface area contributed by atoms with Crippen LogP contribution in [0, 0.1) is 0 Å². The van der Waals surface area contributed by atoms with Gasteiger partial charge in [-0.05, 0) is 23.6 Å². The van der Waals surface area contributed by atoms with Crippen molar-refractivity contribution < 1.29 is 0 Å². The monoisotopic (exact) mass is 358 g/mol. The Morgan fingerprint density at radius 2 is 1.41 bits per heavy atom. The molecule has 0 spiro atoms. The van der Waals surface area contributed by atoms with Crippen molar-refractivity contribution in [2.75, 3.05) is 37.6 Å². The molecular weight excluding hydrogens is 332 g/mol. The van der Waals surface area contributed by atoms with Crippen LogP contribution in [0.15, 0.2) is 72.9 Å². The molecule has 0 atom stereocenters. The standard InChI is InChI=1S/C23H26N4/c1-3-7-20(8-4-1)12-14-26-15-17-27(18-16-26)23-11-13-24-22(25-23)19-21-9-5-2-6-10-21/h1-11,13H,12,14-19H2. The summed E-state index contributed by atoms with van der Waals surface area (Å²) in [5.41, 5.74) is 2.67. The van der Waals surface area contributed by atoms with Crippen LogP contribution in [-0.2, 0) is 12.8 Å². The van der Waals surface area contributed by atoms with Gasteiger partial charge in [-0.1, -0.05) is 60.7 Å². The molecule has 1 aliphatic heterocycles. The van der Waals surface area contributed by atoms with Crippen LogP contribution in [0.3, 0.4) is 0 Å². The van der Waals surface area contributed by atoms with E-state index in [1.807, 2.05) is 18.3 Å². The van der Waals surface area contributed by atoms with Crippen LogP contribution in [0.25, 0.3) is 0 Å². The second-order valence-corrected chi connectivity index (χ2v) is 7.06. The van der Waals surface area contributed by atoms with Crippen molar-refractivity contribution in [1.82, 2.24) is 14.9 Å². The molecule has 0 radical (unpaired) electrons. The molecule has 1 fully saturated rings. The van der Waals surface area contributed by atoms with Crippen molar-refractivity contribution >= 4 is 5.82 Å². The quantitative estimate of drug-likeness (QED) is 0.676. The van der Waals surface area contributed by atoms with Crippen LogP contribution < -0.4 is 4.90 Å². The highest BCUT2D eigenvalue weighted by Crippen LogP contribution is 2.15. The molecule has 0 bridgehead atoms. The van der Waals surface area contributed by atoms with Crippen molar-refractivity contribution in [3.05, 3.63) is 89.9 Å². The zero-order chi connectivity index (χ0) is 18.3. The summed E-state index contributed by atoms with van der Waals surface area (Å²) in [6.45, 7) is 5.35. The highest BCUT2D eigenvalue weighted by atomic mass is 15.3. The van der Waals surface area contributed by atoms with Gasteiger partial charge >= 0.3 is 0 Å². The lowest BCUT2D eigenvalue weighted by Gasteiger charge is -2.35. The first-order valence-electron chi connectivity index (χ1n) is 9.74. The van der Waals surface area contributed by atoms with E-state index >= 15 is 0 Å². The fourth-order valence-electron chi connectivity index (χ4n) is 3.56. The van der Waals surface area contributed by atoms with E-state index in [9.17, 15) is 0 Å². The highest BCUT2D eigenvalue weighted by molar-refractivity contribution is 5.38. The molecule has 0 amide bonds. The number of aromatic nitrogens is 2. The van der Waals surface area contributed by atoms with E-state index in [4.69, 9.17) is 4.98 Å². The molecule has 3 aromatic rings. The molecule has 1 saturated heterocycles. The smallest absolute Gasteiger partial charge is 0.135 e. The van der Waals surface area contributed by atoms with Gasteiger partial charge in [0.05, 0.1) is 0 Å². The van der Waals surface area contributed by atoms with Gasteiger partial charge in [0.15, 0.2) is 0 Å². The zero-order valence-electron chi connectivity index (χ0n) is 15.7. The van der Waals surface area contributed by atoms with Gasteiger partial charge in [-0.15, -0.1) is 0 Å². The molecule has 0 unspecified atom stereocenters.